The van der Waals surface area contributed by atoms with Crippen molar-refractivity contribution < 1.29 is 15.0 Å². The quantitative estimate of drug-likeness (QED) is 0.589. The molecule has 0 aromatic heterocycles. The first-order valence-electron chi connectivity index (χ1n) is 0.890. The van der Waals surface area contributed by atoms with Crippen LogP contribution in [0.5, 0.6) is 0 Å². The minimum atomic E-state index is -3.90. The predicted molar refractivity (Wildman–Crippen MR) is 28.0 cm³/mol. The molecule has 0 amide bonds. The van der Waals surface area contributed by atoms with Gasteiger partial charge >= 0.3 is 55.8 Å². The van der Waals surface area contributed by atoms with Crippen molar-refractivity contribution in [3.63, 3.8) is 0 Å². The molecule has 0 heterocycles. The van der Waals surface area contributed by atoms with Gasteiger partial charge in [0, 0.05) is 0 Å². The van der Waals surface area contributed by atoms with E-state index in [9.17, 15) is 8.42 Å². The number of rotatable bonds is 1. The van der Waals surface area contributed by atoms with Gasteiger partial charge in [-0.3, -0.25) is 0 Å². The van der Waals surface area contributed by atoms with Gasteiger partial charge in [0.15, 0.2) is 0 Å². The Morgan fingerprint density at radius 2 is 1.86 bits per heavy atom. The number of hydrogen-bond donors (Lipinski definition) is 1. The fraction of sp³-hybridized carbons (Fsp3) is 0. The summed E-state index contributed by atoms with van der Waals surface area (Å²) in [6, 6.07) is 0. The normalized spacial score (nSPS) is 10.0. The molecule has 0 spiro atoms. The summed E-state index contributed by atoms with van der Waals surface area (Å²) in [5.41, 5.74) is 0. The molecule has 0 bridgehead atoms. The number of nitrogens with two attached hydrogens (primary N) is 1. The van der Waals surface area contributed by atoms with Crippen molar-refractivity contribution in [3.8, 4) is 0 Å². The van der Waals surface area contributed by atoms with Gasteiger partial charge in [-0.15, -0.1) is 3.74 Å². The molecular formula is H4ClNO3SSr. The molecule has 0 atom stereocenters. The van der Waals surface area contributed by atoms with Crippen molar-refractivity contribution in [1.29, 1.82) is 0 Å². The molecule has 0 aromatic rings. The Hall–Kier alpha value is 1.64. The van der Waals surface area contributed by atoms with Crippen molar-refractivity contribution in [2.24, 2.45) is 5.14 Å². The summed E-state index contributed by atoms with van der Waals surface area (Å²) in [5, 5.41) is 4.15. The predicted octanol–water partition coefficient (Wildman–Crippen LogP) is -0.795. The molecule has 7 heteroatoms. The summed E-state index contributed by atoms with van der Waals surface area (Å²) in [5.74, 6) is 0. The fourth-order valence-electron chi connectivity index (χ4n) is 0. The fourth-order valence-corrected chi connectivity index (χ4v) is 0. The SMILES string of the molecule is NS(=O)(=O)OCl.[H-].[H-].[Sr+2]. The third-order valence-electron chi connectivity index (χ3n) is 0.0878. The van der Waals surface area contributed by atoms with Crippen LogP contribution in [0.15, 0.2) is 0 Å². The molecule has 2 N–H and O–H groups in total. The van der Waals surface area contributed by atoms with Crippen LogP contribution in [0.1, 0.15) is 2.85 Å². The Morgan fingerprint density at radius 1 is 1.71 bits per heavy atom. The van der Waals surface area contributed by atoms with E-state index < -0.39 is 10.3 Å². The van der Waals surface area contributed by atoms with Crippen LogP contribution in [0.2, 0.25) is 0 Å². The molecule has 42 valence electrons. The summed E-state index contributed by atoms with van der Waals surface area (Å²) in [6.45, 7) is 0. The molecule has 0 fully saturated rings. The van der Waals surface area contributed by atoms with E-state index in [0.717, 1.165) is 0 Å². The summed E-state index contributed by atoms with van der Waals surface area (Å²) in [6.07, 6.45) is 0. The van der Waals surface area contributed by atoms with Gasteiger partial charge in [-0.2, -0.15) is 8.42 Å². The Bertz CT molecular complexity index is 124. The maximum absolute atomic E-state index is 9.42. The van der Waals surface area contributed by atoms with Gasteiger partial charge in [-0.1, -0.05) is 0 Å². The largest absolute Gasteiger partial charge is 2.00 e. The number of hydrogen-bond acceptors (Lipinski definition) is 3. The average Bonchev–Trinajstić information content (AvgIpc) is 1.35. The second-order valence-electron chi connectivity index (χ2n) is 0.556. The molecule has 0 aliphatic carbocycles. The van der Waals surface area contributed by atoms with E-state index in [-0.39, 0.29) is 48.3 Å². The average molecular weight is 221 g/mol. The van der Waals surface area contributed by atoms with Crippen LogP contribution in [0, 0.1) is 0 Å². The topological polar surface area (TPSA) is 69.4 Å². The minimum Gasteiger partial charge on any atom is -1.00 e. The van der Waals surface area contributed by atoms with E-state index in [1.165, 1.54) is 0 Å². The van der Waals surface area contributed by atoms with E-state index in [4.69, 9.17) is 0 Å². The molecule has 0 unspecified atom stereocenters. The third-order valence-corrected chi connectivity index (χ3v) is 0.790. The standard InChI is InChI=1S/ClH2NO3S.Sr.2H/c1-5-6(2,3)4;;;/h(H2,2,3,4);;;/q;+2;2*-1. The van der Waals surface area contributed by atoms with Crippen molar-refractivity contribution in [2.45, 2.75) is 0 Å². The van der Waals surface area contributed by atoms with Crippen LogP contribution < -0.4 is 5.14 Å². The summed E-state index contributed by atoms with van der Waals surface area (Å²) in [4.78, 5) is 0. The van der Waals surface area contributed by atoms with E-state index in [2.05, 4.69) is 20.7 Å². The molecule has 0 aliphatic rings. The van der Waals surface area contributed by atoms with Gasteiger partial charge in [0.25, 0.3) is 0 Å². The van der Waals surface area contributed by atoms with Crippen LogP contribution in [-0.2, 0) is 14.0 Å². The Kier molecular flexibility index (Phi) is 7.37. The first kappa shape index (κ1) is 11.4. The summed E-state index contributed by atoms with van der Waals surface area (Å²) < 4.78 is 22.0. The number of halogens is 1. The molecule has 4 nitrogen and oxygen atoms in total. The van der Waals surface area contributed by atoms with Gasteiger partial charge in [0.05, 0.1) is 11.9 Å². The van der Waals surface area contributed by atoms with Gasteiger partial charge < -0.3 is 2.85 Å². The zero-order chi connectivity index (χ0) is 5.21. The maximum Gasteiger partial charge on any atom is 2.00 e. The van der Waals surface area contributed by atoms with E-state index in [1.807, 2.05) is 0 Å². The molecule has 0 aromatic carbocycles. The Labute approximate surface area is 86.6 Å². The Morgan fingerprint density at radius 3 is 1.86 bits per heavy atom. The van der Waals surface area contributed by atoms with Gasteiger partial charge in [0.1, 0.15) is 0 Å². The zero-order valence-electron chi connectivity index (χ0n) is 5.30. The van der Waals surface area contributed by atoms with Gasteiger partial charge in [-0.25, -0.2) is 5.14 Å². The summed E-state index contributed by atoms with van der Waals surface area (Å²) in [7, 11) is -3.90. The van der Waals surface area contributed by atoms with Crippen LogP contribution in [0.25, 0.3) is 0 Å². The third kappa shape index (κ3) is 11.3. The van der Waals surface area contributed by atoms with Gasteiger partial charge in [-0.05, 0) is 0 Å². The molecule has 0 aliphatic heterocycles. The van der Waals surface area contributed by atoms with Crippen LogP contribution in [0.4, 0.5) is 0 Å². The molecule has 0 saturated heterocycles. The molecule has 0 saturated carbocycles. The van der Waals surface area contributed by atoms with Crippen LogP contribution in [-0.4, -0.2) is 53.9 Å². The van der Waals surface area contributed by atoms with Crippen LogP contribution >= 0.6 is 11.9 Å². The van der Waals surface area contributed by atoms with Gasteiger partial charge in [0.2, 0.25) is 0 Å². The maximum atomic E-state index is 9.42. The molecule has 7 heavy (non-hydrogen) atoms. The first-order chi connectivity index (χ1) is 2.56. The molecule has 0 radical (unpaired) electrons. The second-order valence-corrected chi connectivity index (χ2v) is 2.05. The van der Waals surface area contributed by atoms with E-state index in [0.29, 0.717) is 0 Å². The molecule has 0 rings (SSSR count). The first-order valence-corrected chi connectivity index (χ1v) is 2.67. The van der Waals surface area contributed by atoms with Crippen molar-refractivity contribution in [2.75, 3.05) is 0 Å². The molecular weight excluding hydrogens is 217 g/mol. The zero-order valence-corrected chi connectivity index (χ0v) is 8.34. The second kappa shape index (κ2) is 4.51. The van der Waals surface area contributed by atoms with E-state index in [1.54, 1.807) is 0 Å². The van der Waals surface area contributed by atoms with Crippen molar-refractivity contribution in [3.05, 3.63) is 0 Å². The Balaban J connectivity index is -0.0000000417. The summed E-state index contributed by atoms with van der Waals surface area (Å²) >= 11 is 4.26. The van der Waals surface area contributed by atoms with E-state index >= 15 is 0 Å². The smallest absolute Gasteiger partial charge is 1.00 e. The monoisotopic (exact) mass is 221 g/mol. The minimum absolute atomic E-state index is 0. The van der Waals surface area contributed by atoms with Crippen molar-refractivity contribution >= 4 is 67.7 Å². The van der Waals surface area contributed by atoms with Crippen LogP contribution in [0.3, 0.4) is 0 Å². The van der Waals surface area contributed by atoms with Crippen molar-refractivity contribution in [1.82, 2.24) is 0 Å².